The molecule has 1 unspecified atom stereocenters. The van der Waals surface area contributed by atoms with E-state index in [1.165, 1.54) is 51.5 Å². The van der Waals surface area contributed by atoms with Gasteiger partial charge in [-0.05, 0) is 51.0 Å². The van der Waals surface area contributed by atoms with E-state index < -0.39 is 0 Å². The average Bonchev–Trinajstić information content (AvgIpc) is 3.11. The van der Waals surface area contributed by atoms with Gasteiger partial charge in [-0.25, -0.2) is 0 Å². The van der Waals surface area contributed by atoms with E-state index in [1.807, 2.05) is 0 Å². The molecule has 0 aliphatic heterocycles. The quantitative estimate of drug-likeness (QED) is 0.546. The smallest absolute Gasteiger partial charge is 0.0466 e. The molecule has 96 valence electrons. The third kappa shape index (κ3) is 6.49. The predicted octanol–water partition coefficient (Wildman–Crippen LogP) is 3.36. The molecule has 16 heavy (non-hydrogen) atoms. The van der Waals surface area contributed by atoms with Crippen LogP contribution in [-0.2, 0) is 4.74 Å². The highest BCUT2D eigenvalue weighted by molar-refractivity contribution is 4.86. The topological polar surface area (TPSA) is 21.3 Å². The summed E-state index contributed by atoms with van der Waals surface area (Å²) in [6.45, 7) is 7.54. The van der Waals surface area contributed by atoms with Gasteiger partial charge >= 0.3 is 0 Å². The second kappa shape index (κ2) is 9.00. The van der Waals surface area contributed by atoms with Gasteiger partial charge in [0.15, 0.2) is 0 Å². The zero-order chi connectivity index (χ0) is 11.6. The summed E-state index contributed by atoms with van der Waals surface area (Å²) in [4.78, 5) is 0. The normalized spacial score (nSPS) is 17.6. The largest absolute Gasteiger partial charge is 0.381 e. The first-order valence-electron chi connectivity index (χ1n) is 7.19. The molecule has 1 fully saturated rings. The van der Waals surface area contributed by atoms with E-state index >= 15 is 0 Å². The molecule has 2 heteroatoms. The Morgan fingerprint density at radius 1 is 1.12 bits per heavy atom. The van der Waals surface area contributed by atoms with Gasteiger partial charge in [-0.1, -0.05) is 20.3 Å². The fraction of sp³-hybridized carbons (Fsp3) is 1.00. The van der Waals surface area contributed by atoms with Crippen LogP contribution < -0.4 is 5.32 Å². The number of hydrogen-bond donors (Lipinski definition) is 1. The van der Waals surface area contributed by atoms with Crippen molar-refractivity contribution in [2.75, 3.05) is 19.8 Å². The van der Waals surface area contributed by atoms with Crippen LogP contribution in [0.25, 0.3) is 0 Å². The number of nitrogens with one attached hydrogen (secondary N) is 1. The van der Waals surface area contributed by atoms with Crippen LogP contribution in [0.1, 0.15) is 58.8 Å². The highest BCUT2D eigenvalue weighted by Crippen LogP contribution is 2.34. The summed E-state index contributed by atoms with van der Waals surface area (Å²) in [5, 5.41) is 3.68. The van der Waals surface area contributed by atoms with E-state index in [9.17, 15) is 0 Å². The Labute approximate surface area is 101 Å². The van der Waals surface area contributed by atoms with Crippen LogP contribution in [0.2, 0.25) is 0 Å². The van der Waals surface area contributed by atoms with Crippen LogP contribution in [0.5, 0.6) is 0 Å². The van der Waals surface area contributed by atoms with Gasteiger partial charge in [-0.3, -0.25) is 0 Å². The van der Waals surface area contributed by atoms with Crippen molar-refractivity contribution in [2.45, 2.75) is 64.8 Å². The third-order valence-electron chi connectivity index (χ3n) is 3.29. The molecular weight excluding hydrogens is 198 g/mol. The Morgan fingerprint density at radius 2 is 1.88 bits per heavy atom. The number of ether oxygens (including phenoxy) is 1. The standard InChI is InChI=1S/C14H29NO/c1-3-5-11-16-12-6-7-14(13-8-9-13)15-10-4-2/h13-15H,3-12H2,1-2H3. The van der Waals surface area contributed by atoms with E-state index in [1.54, 1.807) is 0 Å². The number of unbranched alkanes of at least 4 members (excludes halogenated alkanes) is 1. The van der Waals surface area contributed by atoms with Gasteiger partial charge in [0, 0.05) is 19.3 Å². The van der Waals surface area contributed by atoms with Crippen molar-refractivity contribution in [3.8, 4) is 0 Å². The van der Waals surface area contributed by atoms with Crippen LogP contribution in [0.3, 0.4) is 0 Å². The van der Waals surface area contributed by atoms with Gasteiger partial charge in [-0.15, -0.1) is 0 Å². The molecule has 1 aliphatic carbocycles. The van der Waals surface area contributed by atoms with E-state index in [0.29, 0.717) is 0 Å². The van der Waals surface area contributed by atoms with Gasteiger partial charge < -0.3 is 10.1 Å². The Balaban J connectivity index is 1.95. The Hall–Kier alpha value is -0.0800. The molecule has 1 rings (SSSR count). The lowest BCUT2D eigenvalue weighted by Crippen LogP contribution is -2.31. The van der Waals surface area contributed by atoms with E-state index in [-0.39, 0.29) is 0 Å². The maximum absolute atomic E-state index is 5.60. The Morgan fingerprint density at radius 3 is 2.50 bits per heavy atom. The molecule has 1 saturated carbocycles. The summed E-state index contributed by atoms with van der Waals surface area (Å²) >= 11 is 0. The van der Waals surface area contributed by atoms with Gasteiger partial charge in [0.25, 0.3) is 0 Å². The van der Waals surface area contributed by atoms with Gasteiger partial charge in [-0.2, -0.15) is 0 Å². The molecule has 0 spiro atoms. The minimum atomic E-state index is 0.773. The van der Waals surface area contributed by atoms with Gasteiger partial charge in [0.05, 0.1) is 0 Å². The second-order valence-corrected chi connectivity index (χ2v) is 5.01. The van der Waals surface area contributed by atoms with Crippen molar-refractivity contribution in [1.29, 1.82) is 0 Å². The molecule has 0 bridgehead atoms. The third-order valence-corrected chi connectivity index (χ3v) is 3.29. The molecular formula is C14H29NO. The zero-order valence-corrected chi connectivity index (χ0v) is 11.1. The molecule has 0 radical (unpaired) electrons. The lowest BCUT2D eigenvalue weighted by molar-refractivity contribution is 0.124. The fourth-order valence-electron chi connectivity index (χ4n) is 2.09. The molecule has 1 atom stereocenters. The fourth-order valence-corrected chi connectivity index (χ4v) is 2.09. The lowest BCUT2D eigenvalue weighted by Gasteiger charge is -2.17. The summed E-state index contributed by atoms with van der Waals surface area (Å²) in [6.07, 6.45) is 9.10. The van der Waals surface area contributed by atoms with E-state index in [0.717, 1.165) is 25.2 Å². The van der Waals surface area contributed by atoms with Crippen molar-refractivity contribution in [2.24, 2.45) is 5.92 Å². The minimum Gasteiger partial charge on any atom is -0.381 e. The zero-order valence-electron chi connectivity index (χ0n) is 11.1. The summed E-state index contributed by atoms with van der Waals surface area (Å²) in [5.74, 6) is 0.974. The lowest BCUT2D eigenvalue weighted by atomic mass is 10.1. The molecule has 0 aromatic rings. The van der Waals surface area contributed by atoms with Crippen LogP contribution in [0.4, 0.5) is 0 Å². The van der Waals surface area contributed by atoms with Gasteiger partial charge in [0.2, 0.25) is 0 Å². The summed E-state index contributed by atoms with van der Waals surface area (Å²) in [6, 6.07) is 0.773. The first-order valence-corrected chi connectivity index (χ1v) is 7.19. The first-order chi connectivity index (χ1) is 7.88. The molecule has 0 aromatic carbocycles. The monoisotopic (exact) mass is 227 g/mol. The molecule has 2 nitrogen and oxygen atoms in total. The van der Waals surface area contributed by atoms with Crippen molar-refractivity contribution < 1.29 is 4.74 Å². The Kier molecular flexibility index (Phi) is 7.87. The van der Waals surface area contributed by atoms with Crippen molar-refractivity contribution >= 4 is 0 Å². The highest BCUT2D eigenvalue weighted by Gasteiger charge is 2.29. The Bertz CT molecular complexity index is 157. The van der Waals surface area contributed by atoms with Crippen molar-refractivity contribution in [3.63, 3.8) is 0 Å². The second-order valence-electron chi connectivity index (χ2n) is 5.01. The molecule has 0 heterocycles. The maximum Gasteiger partial charge on any atom is 0.0466 e. The summed E-state index contributed by atoms with van der Waals surface area (Å²) in [5.41, 5.74) is 0. The first kappa shape index (κ1) is 14.0. The average molecular weight is 227 g/mol. The number of rotatable bonds is 11. The van der Waals surface area contributed by atoms with Crippen molar-refractivity contribution in [1.82, 2.24) is 5.32 Å². The maximum atomic E-state index is 5.60. The molecule has 0 saturated heterocycles. The molecule has 0 amide bonds. The van der Waals surface area contributed by atoms with Crippen LogP contribution in [0.15, 0.2) is 0 Å². The number of hydrogen-bond acceptors (Lipinski definition) is 2. The van der Waals surface area contributed by atoms with E-state index in [2.05, 4.69) is 19.2 Å². The highest BCUT2D eigenvalue weighted by atomic mass is 16.5. The molecule has 1 aliphatic rings. The van der Waals surface area contributed by atoms with Crippen LogP contribution >= 0.6 is 0 Å². The molecule has 0 aromatic heterocycles. The van der Waals surface area contributed by atoms with Crippen LogP contribution in [0, 0.1) is 5.92 Å². The molecule has 1 N–H and O–H groups in total. The van der Waals surface area contributed by atoms with Crippen molar-refractivity contribution in [3.05, 3.63) is 0 Å². The van der Waals surface area contributed by atoms with E-state index in [4.69, 9.17) is 4.74 Å². The van der Waals surface area contributed by atoms with Gasteiger partial charge in [0.1, 0.15) is 0 Å². The summed E-state index contributed by atoms with van der Waals surface area (Å²) < 4.78 is 5.60. The predicted molar refractivity (Wildman–Crippen MR) is 69.8 cm³/mol. The van der Waals surface area contributed by atoms with Crippen LogP contribution in [-0.4, -0.2) is 25.8 Å². The minimum absolute atomic E-state index is 0.773. The SMILES string of the molecule is CCCCOCCCC(NCCC)C1CC1. The summed E-state index contributed by atoms with van der Waals surface area (Å²) in [7, 11) is 0.